The zero-order valence-corrected chi connectivity index (χ0v) is 39.8. The van der Waals surface area contributed by atoms with E-state index in [0.717, 1.165) is 6.42 Å². The number of fused-ring (bicyclic) bond motifs is 15. The van der Waals surface area contributed by atoms with Gasteiger partial charge in [0.2, 0.25) is 0 Å². The number of imidazole rings is 1. The number of pyridine rings is 1. The normalized spacial score (nSPS) is 15.4. The Morgan fingerprint density at radius 2 is 1.24 bits per heavy atom. The molecule has 0 bridgehead atoms. The van der Waals surface area contributed by atoms with E-state index in [1.807, 2.05) is 0 Å². The van der Waals surface area contributed by atoms with Crippen molar-refractivity contribution in [3.63, 3.8) is 0 Å². The maximum atomic E-state index is 2.77. The van der Waals surface area contributed by atoms with E-state index in [9.17, 15) is 0 Å². The number of hydrogen-bond acceptors (Lipinski definition) is 0. The van der Waals surface area contributed by atoms with Crippen LogP contribution in [-0.4, -0.2) is 17.8 Å². The third-order valence-electron chi connectivity index (χ3n) is 13.9. The van der Waals surface area contributed by atoms with Gasteiger partial charge in [0.25, 0.3) is 0 Å². The topological polar surface area (TPSA) is 12.7 Å². The van der Waals surface area contributed by atoms with E-state index in [1.165, 1.54) is 99.9 Å². The molecule has 4 heteroatoms. The van der Waals surface area contributed by atoms with E-state index >= 15 is 0 Å². The van der Waals surface area contributed by atoms with Gasteiger partial charge in [0, 0.05) is 0 Å². The molecule has 62 heavy (non-hydrogen) atoms. The van der Waals surface area contributed by atoms with Crippen LogP contribution in [0.3, 0.4) is 0 Å². The second kappa shape index (κ2) is 14.1. The van der Waals surface area contributed by atoms with Gasteiger partial charge in [-0.15, -0.1) is 0 Å². The third-order valence-corrected chi connectivity index (χ3v) is 18.2. The Kier molecular flexibility index (Phi) is 8.91. The van der Waals surface area contributed by atoms with Crippen molar-refractivity contribution < 1.29 is 9.13 Å². The van der Waals surface area contributed by atoms with Gasteiger partial charge in [-0.3, -0.25) is 0 Å². The minimum absolute atomic E-state index is 0.286. The summed E-state index contributed by atoms with van der Waals surface area (Å²) in [6.45, 7) is 14.2. The van der Waals surface area contributed by atoms with Crippen molar-refractivity contribution >= 4 is 50.2 Å². The molecule has 0 saturated carbocycles. The SMILES string of the molecule is CC(C)Cc1cc2[n+](c[c]1[Ge]([CH3])([CH3])[CH3])C1(c3ccccc3-2)c2cc3c(ccc4ccccc43)cc2-c2n(-c3c(C(C)C)cc(-c4ccccc4)cc3C(C)C)c3ccccc3[n+]21. The van der Waals surface area contributed by atoms with Crippen LogP contribution >= 0.6 is 0 Å². The first-order chi connectivity index (χ1) is 29.9. The molecule has 0 N–H and O–H groups in total. The number of hydrogen-bond donors (Lipinski definition) is 0. The van der Waals surface area contributed by atoms with Crippen molar-refractivity contribution in [3.05, 3.63) is 180 Å². The third kappa shape index (κ3) is 5.56. The van der Waals surface area contributed by atoms with E-state index in [-0.39, 0.29) is 11.8 Å². The molecule has 3 nitrogen and oxygen atoms in total. The molecule has 306 valence electrons. The average molecular weight is 869 g/mol. The van der Waals surface area contributed by atoms with Crippen molar-refractivity contribution in [2.24, 2.45) is 5.92 Å². The van der Waals surface area contributed by atoms with Crippen LogP contribution in [-0.2, 0) is 12.1 Å². The first-order valence-electron chi connectivity index (χ1n) is 22.8. The number of aromatic nitrogens is 3. The van der Waals surface area contributed by atoms with Crippen molar-refractivity contribution in [1.82, 2.24) is 4.57 Å². The van der Waals surface area contributed by atoms with Crippen LogP contribution in [0.15, 0.2) is 152 Å². The Bertz CT molecular complexity index is 3260. The van der Waals surface area contributed by atoms with Gasteiger partial charge in [0.1, 0.15) is 0 Å². The van der Waals surface area contributed by atoms with Gasteiger partial charge in [0.15, 0.2) is 0 Å². The van der Waals surface area contributed by atoms with Crippen LogP contribution in [0.2, 0.25) is 17.3 Å². The molecule has 4 heterocycles. The van der Waals surface area contributed by atoms with Crippen LogP contribution in [0.25, 0.3) is 72.0 Å². The summed E-state index contributed by atoms with van der Waals surface area (Å²) >= 11 is -2.45. The van der Waals surface area contributed by atoms with E-state index in [1.54, 1.807) is 4.40 Å². The van der Waals surface area contributed by atoms with Crippen molar-refractivity contribution in [2.45, 2.75) is 82.7 Å². The number of para-hydroxylation sites is 2. The molecule has 1 atom stereocenters. The van der Waals surface area contributed by atoms with Crippen molar-refractivity contribution in [3.8, 4) is 39.5 Å². The van der Waals surface area contributed by atoms with Crippen LogP contribution < -0.4 is 13.5 Å². The first kappa shape index (κ1) is 39.1. The van der Waals surface area contributed by atoms with Crippen LogP contribution in [0, 0.1) is 5.92 Å². The Morgan fingerprint density at radius 3 is 1.97 bits per heavy atom. The Balaban J connectivity index is 1.36. The standard InChI is InChI=1S/C58H57GeN3/c1-36(2)29-43-33-55-45-23-15-16-24-50(45)58(60(55)35-52(43)59(7,8)9)51-34-48-41(28-27-40-21-13-14-22-44(40)48)30-49(51)57-61(53-25-17-18-26-54(53)62(57)58)56-46(37(3)4)31-42(32-47(56)38(5)6)39-19-11-10-12-20-39/h10-28,30-38H,29H2,1-9H3/q+2. The fraction of sp³-hybridized carbons (Fsp3) is 0.241. The Labute approximate surface area is 369 Å². The zero-order chi connectivity index (χ0) is 42.8. The van der Waals surface area contributed by atoms with Gasteiger partial charge in [0.05, 0.1) is 0 Å². The molecule has 2 aliphatic heterocycles. The molecule has 0 amide bonds. The molecule has 2 aliphatic rings. The summed E-state index contributed by atoms with van der Waals surface area (Å²) in [5, 5.41) is 5.14. The van der Waals surface area contributed by atoms with Gasteiger partial charge >= 0.3 is 341 Å². The van der Waals surface area contributed by atoms with E-state index in [4.69, 9.17) is 0 Å². The second-order valence-electron chi connectivity index (χ2n) is 20.1. The average Bonchev–Trinajstić information content (AvgIpc) is 3.85. The summed E-state index contributed by atoms with van der Waals surface area (Å²) in [6, 6.07) is 55.8. The predicted molar refractivity (Wildman–Crippen MR) is 263 cm³/mol. The summed E-state index contributed by atoms with van der Waals surface area (Å²) in [4.78, 5) is 0. The molecule has 1 spiro atoms. The molecular formula is C58H57GeN3+2. The van der Waals surface area contributed by atoms with Gasteiger partial charge < -0.3 is 0 Å². The fourth-order valence-electron chi connectivity index (χ4n) is 11.2. The number of rotatable bonds is 7. The molecule has 2 aromatic heterocycles. The summed E-state index contributed by atoms with van der Waals surface area (Å²) in [5.74, 6) is 10.1. The molecule has 0 saturated heterocycles. The van der Waals surface area contributed by atoms with Crippen LogP contribution in [0.1, 0.15) is 81.2 Å². The van der Waals surface area contributed by atoms with Gasteiger partial charge in [-0.25, -0.2) is 0 Å². The summed E-state index contributed by atoms with van der Waals surface area (Å²) in [6.07, 6.45) is 3.73. The molecular weight excluding hydrogens is 811 g/mol. The van der Waals surface area contributed by atoms with E-state index < -0.39 is 18.9 Å². The molecule has 0 aliphatic carbocycles. The van der Waals surface area contributed by atoms with Gasteiger partial charge in [-0.2, -0.15) is 0 Å². The zero-order valence-electron chi connectivity index (χ0n) is 37.7. The molecule has 0 fully saturated rings. The first-order valence-corrected chi connectivity index (χ1v) is 30.2. The van der Waals surface area contributed by atoms with Crippen molar-refractivity contribution in [2.75, 3.05) is 0 Å². The quantitative estimate of drug-likeness (QED) is 0.0860. The monoisotopic (exact) mass is 869 g/mol. The van der Waals surface area contributed by atoms with Gasteiger partial charge in [-0.05, 0) is 0 Å². The summed E-state index contributed by atoms with van der Waals surface area (Å²) in [5.41, 5.74) is 16.5. The predicted octanol–water partition coefficient (Wildman–Crippen LogP) is 13.4. The second-order valence-corrected chi connectivity index (χ2v) is 30.7. The molecule has 1 unspecified atom stereocenters. The summed E-state index contributed by atoms with van der Waals surface area (Å²) in [7, 11) is 0. The minimum atomic E-state index is -2.45. The van der Waals surface area contributed by atoms with E-state index in [0.29, 0.717) is 5.92 Å². The fourth-order valence-corrected chi connectivity index (χ4v) is 14.7. The molecule has 7 aromatic carbocycles. The van der Waals surface area contributed by atoms with Crippen molar-refractivity contribution in [1.29, 1.82) is 0 Å². The molecule has 9 aromatic rings. The number of benzene rings is 7. The van der Waals surface area contributed by atoms with E-state index in [2.05, 4.69) is 224 Å². The molecule has 0 radical (unpaired) electrons. The number of nitrogens with zero attached hydrogens (tertiary/aromatic N) is 3. The summed E-state index contributed by atoms with van der Waals surface area (Å²) < 4.78 is 9.79. The van der Waals surface area contributed by atoms with Crippen LogP contribution in [0.4, 0.5) is 0 Å². The van der Waals surface area contributed by atoms with Gasteiger partial charge in [-0.1, -0.05) is 30.3 Å². The van der Waals surface area contributed by atoms with Crippen LogP contribution in [0.5, 0.6) is 0 Å². The Morgan fingerprint density at radius 1 is 0.581 bits per heavy atom. The Hall–Kier alpha value is -5.78. The maximum absolute atomic E-state index is 2.77. The molecule has 11 rings (SSSR count).